The number of aryl methyl sites for hydroxylation is 1. The van der Waals surface area contributed by atoms with Crippen LogP contribution in [0.5, 0.6) is 0 Å². The molecule has 2 aromatic heterocycles. The van der Waals surface area contributed by atoms with E-state index in [4.69, 9.17) is 4.74 Å². The zero-order valence-electron chi connectivity index (χ0n) is 17.0. The van der Waals surface area contributed by atoms with Crippen molar-refractivity contribution in [2.45, 2.75) is 60.1 Å². The van der Waals surface area contributed by atoms with Crippen molar-refractivity contribution in [3.8, 4) is 0 Å². The number of thiophene rings is 1. The second kappa shape index (κ2) is 9.01. The minimum absolute atomic E-state index is 0.125. The van der Waals surface area contributed by atoms with Crippen molar-refractivity contribution >= 4 is 39.9 Å². The molecule has 9 heteroatoms. The lowest BCUT2D eigenvalue weighted by Gasteiger charge is -2.17. The van der Waals surface area contributed by atoms with Gasteiger partial charge in [-0.05, 0) is 39.7 Å². The van der Waals surface area contributed by atoms with E-state index in [-0.39, 0.29) is 17.5 Å². The van der Waals surface area contributed by atoms with Gasteiger partial charge in [-0.15, -0.1) is 11.3 Å². The van der Waals surface area contributed by atoms with Crippen LogP contribution < -0.4 is 10.6 Å². The number of hydrogen-bond acceptors (Lipinski definition) is 6. The van der Waals surface area contributed by atoms with Gasteiger partial charge < -0.3 is 15.4 Å². The minimum atomic E-state index is -1.02. The monoisotopic (exact) mass is 406 g/mol. The van der Waals surface area contributed by atoms with Crippen molar-refractivity contribution in [2.75, 3.05) is 10.6 Å². The Morgan fingerprint density at radius 1 is 1.25 bits per heavy atom. The summed E-state index contributed by atoms with van der Waals surface area (Å²) in [6.45, 7) is 10.5. The molecule has 0 aliphatic rings. The first-order valence-electron chi connectivity index (χ1n) is 9.08. The lowest BCUT2D eigenvalue weighted by molar-refractivity contribution is -0.123. The van der Waals surface area contributed by atoms with E-state index in [1.54, 1.807) is 23.9 Å². The van der Waals surface area contributed by atoms with Crippen molar-refractivity contribution in [3.63, 3.8) is 0 Å². The van der Waals surface area contributed by atoms with Crippen LogP contribution in [0.3, 0.4) is 0 Å². The molecule has 28 heavy (non-hydrogen) atoms. The number of esters is 1. The lowest BCUT2D eigenvalue weighted by atomic mass is 10.1. The Kier molecular flexibility index (Phi) is 6.95. The van der Waals surface area contributed by atoms with Gasteiger partial charge in [-0.1, -0.05) is 6.92 Å². The molecule has 0 aliphatic carbocycles. The molecular formula is C19H26N4O4S. The van der Waals surface area contributed by atoms with Crippen LogP contribution >= 0.6 is 11.3 Å². The summed E-state index contributed by atoms with van der Waals surface area (Å²) in [5.41, 5.74) is 1.00. The molecule has 0 spiro atoms. The van der Waals surface area contributed by atoms with Gasteiger partial charge in [-0.25, -0.2) is 9.48 Å². The van der Waals surface area contributed by atoms with Gasteiger partial charge in [-0.2, -0.15) is 5.10 Å². The Morgan fingerprint density at radius 2 is 1.93 bits per heavy atom. The number of nitrogens with one attached hydrogen (secondary N) is 2. The Bertz CT molecular complexity index is 887. The maximum atomic E-state index is 12.7. The van der Waals surface area contributed by atoms with Crippen molar-refractivity contribution in [2.24, 2.45) is 0 Å². The third kappa shape index (κ3) is 4.78. The Hall–Kier alpha value is -2.68. The van der Waals surface area contributed by atoms with E-state index in [2.05, 4.69) is 15.7 Å². The van der Waals surface area contributed by atoms with Gasteiger partial charge in [0.1, 0.15) is 10.8 Å². The largest absolute Gasteiger partial charge is 0.449 e. The van der Waals surface area contributed by atoms with Crippen LogP contribution in [0.15, 0.2) is 12.3 Å². The first kappa shape index (κ1) is 21.6. The number of hydrogen-bond donors (Lipinski definition) is 2. The highest BCUT2D eigenvalue weighted by Gasteiger charge is 2.26. The average molecular weight is 407 g/mol. The van der Waals surface area contributed by atoms with Crippen LogP contribution in [0, 0.1) is 13.8 Å². The molecule has 0 saturated carbocycles. The van der Waals surface area contributed by atoms with Gasteiger partial charge >= 0.3 is 5.97 Å². The highest BCUT2D eigenvalue weighted by atomic mass is 32.1. The van der Waals surface area contributed by atoms with E-state index >= 15 is 0 Å². The molecule has 0 saturated heterocycles. The van der Waals surface area contributed by atoms with Gasteiger partial charge in [0, 0.05) is 17.9 Å². The third-order valence-corrected chi connectivity index (χ3v) is 5.58. The molecule has 0 bridgehead atoms. The van der Waals surface area contributed by atoms with Crippen molar-refractivity contribution in [1.29, 1.82) is 0 Å². The molecule has 2 N–H and O–H groups in total. The van der Waals surface area contributed by atoms with E-state index in [9.17, 15) is 14.4 Å². The molecule has 0 aliphatic heterocycles. The van der Waals surface area contributed by atoms with Crippen LogP contribution in [0.1, 0.15) is 61.0 Å². The number of carbonyl (C=O) groups is 3. The lowest BCUT2D eigenvalue weighted by Crippen LogP contribution is -2.31. The summed E-state index contributed by atoms with van der Waals surface area (Å²) in [6.07, 6.45) is 1.45. The predicted molar refractivity (Wildman–Crippen MR) is 109 cm³/mol. The number of aromatic nitrogens is 2. The smallest absolute Gasteiger partial charge is 0.342 e. The number of ether oxygens (including phenoxy) is 1. The van der Waals surface area contributed by atoms with E-state index in [1.807, 2.05) is 20.8 Å². The Balaban J connectivity index is 2.12. The van der Waals surface area contributed by atoms with Crippen molar-refractivity contribution in [1.82, 2.24) is 9.78 Å². The van der Waals surface area contributed by atoms with Gasteiger partial charge in [0.2, 0.25) is 5.91 Å². The minimum Gasteiger partial charge on any atom is -0.449 e. The normalized spacial score (nSPS) is 12.9. The molecule has 0 fully saturated rings. The standard InChI is InChI=1S/C19H26N4O4S/c1-7-10(2)23-15(8-9-20-23)22-17(25)12(4)27-19(26)16-11(3)13(5)28-18(16)21-14(6)24/h8-10,12H,7H2,1-6H3,(H,21,24)(H,22,25)/t10-,12-/m1/s1. The fourth-order valence-electron chi connectivity index (χ4n) is 2.56. The van der Waals surface area contributed by atoms with E-state index < -0.39 is 18.0 Å². The molecule has 2 rings (SSSR count). The Labute approximate surface area is 168 Å². The predicted octanol–water partition coefficient (Wildman–Crippen LogP) is 3.67. The number of anilines is 2. The fourth-order valence-corrected chi connectivity index (χ4v) is 3.65. The van der Waals surface area contributed by atoms with Crippen molar-refractivity contribution in [3.05, 3.63) is 28.3 Å². The SMILES string of the molecule is CC[C@@H](C)n1nccc1NC(=O)[C@@H](C)OC(=O)c1c(NC(C)=O)sc(C)c1C. The highest BCUT2D eigenvalue weighted by Crippen LogP contribution is 2.33. The maximum Gasteiger partial charge on any atom is 0.342 e. The van der Waals surface area contributed by atoms with E-state index in [0.29, 0.717) is 10.8 Å². The fraction of sp³-hybridized carbons (Fsp3) is 0.474. The maximum absolute atomic E-state index is 12.7. The van der Waals surface area contributed by atoms with Gasteiger partial charge in [0.25, 0.3) is 5.91 Å². The van der Waals surface area contributed by atoms with E-state index in [1.165, 1.54) is 25.2 Å². The first-order valence-corrected chi connectivity index (χ1v) is 9.90. The molecule has 152 valence electrons. The van der Waals surface area contributed by atoms with Gasteiger partial charge in [-0.3, -0.25) is 9.59 Å². The molecule has 0 aromatic carbocycles. The summed E-state index contributed by atoms with van der Waals surface area (Å²) in [6, 6.07) is 1.82. The quantitative estimate of drug-likeness (QED) is 0.683. The zero-order chi connectivity index (χ0) is 21.0. The number of amides is 2. The summed E-state index contributed by atoms with van der Waals surface area (Å²) in [4.78, 5) is 37.4. The topological polar surface area (TPSA) is 102 Å². The molecular weight excluding hydrogens is 380 g/mol. The van der Waals surface area contributed by atoms with Crippen LogP contribution in [-0.4, -0.2) is 33.7 Å². The third-order valence-electron chi connectivity index (χ3n) is 4.46. The number of nitrogens with zero attached hydrogens (tertiary/aromatic N) is 2. The number of rotatable bonds is 7. The summed E-state index contributed by atoms with van der Waals surface area (Å²) in [5.74, 6) is -0.837. The molecule has 8 nitrogen and oxygen atoms in total. The molecule has 2 atom stereocenters. The van der Waals surface area contributed by atoms with Gasteiger partial charge in [0.15, 0.2) is 6.10 Å². The van der Waals surface area contributed by atoms with Crippen LogP contribution in [0.2, 0.25) is 0 Å². The van der Waals surface area contributed by atoms with Crippen LogP contribution in [0.4, 0.5) is 10.8 Å². The molecule has 2 amide bonds. The average Bonchev–Trinajstić information content (AvgIpc) is 3.18. The summed E-state index contributed by atoms with van der Waals surface area (Å²) >= 11 is 1.30. The summed E-state index contributed by atoms with van der Waals surface area (Å²) in [7, 11) is 0. The van der Waals surface area contributed by atoms with Crippen molar-refractivity contribution < 1.29 is 19.1 Å². The second-order valence-electron chi connectivity index (χ2n) is 6.62. The highest BCUT2D eigenvalue weighted by molar-refractivity contribution is 7.16. The molecule has 2 aromatic rings. The van der Waals surface area contributed by atoms with Crippen LogP contribution in [-0.2, 0) is 14.3 Å². The molecule has 2 heterocycles. The first-order chi connectivity index (χ1) is 13.1. The molecule has 0 unspecified atom stereocenters. The second-order valence-corrected chi connectivity index (χ2v) is 7.85. The summed E-state index contributed by atoms with van der Waals surface area (Å²) in [5, 5.41) is 10.0. The summed E-state index contributed by atoms with van der Waals surface area (Å²) < 4.78 is 7.08. The van der Waals surface area contributed by atoms with Gasteiger partial charge in [0.05, 0.1) is 17.8 Å². The number of carbonyl (C=O) groups excluding carboxylic acids is 3. The van der Waals surface area contributed by atoms with E-state index in [0.717, 1.165) is 16.9 Å². The zero-order valence-corrected chi connectivity index (χ0v) is 17.8. The molecule has 0 radical (unpaired) electrons. The Morgan fingerprint density at radius 3 is 2.54 bits per heavy atom. The van der Waals surface area contributed by atoms with Crippen LogP contribution in [0.25, 0.3) is 0 Å².